The molecule has 1 aromatic carbocycles. The number of carbonyl (C=O) groups excluding carboxylic acids is 1. The van der Waals surface area contributed by atoms with Crippen LogP contribution in [0.5, 0.6) is 5.75 Å². The summed E-state index contributed by atoms with van der Waals surface area (Å²) in [6.45, 7) is 0.664. The zero-order valence-electron chi connectivity index (χ0n) is 9.34. The third kappa shape index (κ3) is 4.20. The second-order valence-corrected chi connectivity index (χ2v) is 4.20. The maximum atomic E-state index is 11.5. The highest BCUT2D eigenvalue weighted by atomic mass is 79.9. The normalized spacial score (nSPS) is 9.94. The van der Waals surface area contributed by atoms with Crippen molar-refractivity contribution >= 4 is 27.5 Å². The maximum absolute atomic E-state index is 11.5. The number of nitrogens with one attached hydrogen (secondary N) is 2. The molecule has 1 aromatic rings. The Morgan fingerprint density at radius 2 is 2.19 bits per heavy atom. The maximum Gasteiger partial charge on any atom is 0.225 e. The molecule has 88 valence electrons. The smallest absolute Gasteiger partial charge is 0.225 e. The third-order valence-corrected chi connectivity index (χ3v) is 2.45. The monoisotopic (exact) mass is 286 g/mol. The fourth-order valence-corrected chi connectivity index (χ4v) is 1.69. The molecule has 2 N–H and O–H groups in total. The van der Waals surface area contributed by atoms with Gasteiger partial charge in [0.15, 0.2) is 0 Å². The van der Waals surface area contributed by atoms with Crippen LogP contribution in [0.3, 0.4) is 0 Å². The van der Waals surface area contributed by atoms with Gasteiger partial charge in [-0.3, -0.25) is 4.79 Å². The minimum absolute atomic E-state index is 0.0190. The Bertz CT molecular complexity index is 369. The summed E-state index contributed by atoms with van der Waals surface area (Å²) in [5.74, 6) is 0.688. The van der Waals surface area contributed by atoms with E-state index < -0.39 is 0 Å². The first-order valence-corrected chi connectivity index (χ1v) is 5.74. The summed E-state index contributed by atoms with van der Waals surface area (Å²) in [6, 6.07) is 5.45. The number of hydrogen-bond acceptors (Lipinski definition) is 3. The number of methoxy groups -OCH3 is 1. The highest BCUT2D eigenvalue weighted by molar-refractivity contribution is 9.10. The Kier molecular flexibility index (Phi) is 5.28. The van der Waals surface area contributed by atoms with Gasteiger partial charge in [-0.25, -0.2) is 0 Å². The zero-order valence-corrected chi connectivity index (χ0v) is 10.9. The largest absolute Gasteiger partial charge is 0.497 e. The van der Waals surface area contributed by atoms with Crippen LogP contribution in [0.25, 0.3) is 0 Å². The van der Waals surface area contributed by atoms with E-state index in [-0.39, 0.29) is 5.91 Å². The van der Waals surface area contributed by atoms with Crippen molar-refractivity contribution in [2.75, 3.05) is 26.0 Å². The van der Waals surface area contributed by atoms with Crippen LogP contribution in [0.1, 0.15) is 6.42 Å². The predicted octanol–water partition coefficient (Wildman–Crippen LogP) is 2.01. The number of halogens is 1. The molecule has 0 atom stereocenters. The molecule has 4 nitrogen and oxygen atoms in total. The quantitative estimate of drug-likeness (QED) is 0.871. The van der Waals surface area contributed by atoms with Crippen molar-refractivity contribution in [3.63, 3.8) is 0 Å². The van der Waals surface area contributed by atoms with Crippen LogP contribution in [0, 0.1) is 0 Å². The molecule has 0 aliphatic rings. The molecule has 0 spiro atoms. The number of ether oxygens (including phenoxy) is 1. The molecule has 0 saturated heterocycles. The molecule has 0 fully saturated rings. The van der Waals surface area contributed by atoms with Crippen LogP contribution in [0.15, 0.2) is 22.7 Å². The number of hydrogen-bond donors (Lipinski definition) is 2. The minimum atomic E-state index is -0.0190. The summed E-state index contributed by atoms with van der Waals surface area (Å²) < 4.78 is 5.98. The van der Waals surface area contributed by atoms with E-state index in [1.54, 1.807) is 13.2 Å². The van der Waals surface area contributed by atoms with Crippen molar-refractivity contribution < 1.29 is 9.53 Å². The summed E-state index contributed by atoms with van der Waals surface area (Å²) >= 11 is 3.35. The van der Waals surface area contributed by atoms with Gasteiger partial charge in [-0.05, 0) is 19.2 Å². The summed E-state index contributed by atoms with van der Waals surface area (Å²) in [5, 5.41) is 5.73. The Balaban J connectivity index is 2.65. The Labute approximate surface area is 103 Å². The van der Waals surface area contributed by atoms with Gasteiger partial charge < -0.3 is 15.4 Å². The fraction of sp³-hybridized carbons (Fsp3) is 0.364. The van der Waals surface area contributed by atoms with Crippen LogP contribution < -0.4 is 15.4 Å². The fourth-order valence-electron chi connectivity index (χ4n) is 1.21. The SMILES string of the molecule is CNCCC(=O)Nc1cc(Br)cc(OC)c1. The molecule has 5 heteroatoms. The number of benzene rings is 1. The number of anilines is 1. The van der Waals surface area contributed by atoms with Crippen LogP contribution in [0.2, 0.25) is 0 Å². The van der Waals surface area contributed by atoms with Gasteiger partial charge in [0.2, 0.25) is 5.91 Å². The van der Waals surface area contributed by atoms with E-state index in [4.69, 9.17) is 4.74 Å². The first-order valence-electron chi connectivity index (χ1n) is 4.94. The predicted molar refractivity (Wildman–Crippen MR) is 67.9 cm³/mol. The van der Waals surface area contributed by atoms with Crippen molar-refractivity contribution in [1.29, 1.82) is 0 Å². The molecule has 0 saturated carbocycles. The van der Waals surface area contributed by atoms with E-state index in [2.05, 4.69) is 26.6 Å². The van der Waals surface area contributed by atoms with Gasteiger partial charge in [-0.2, -0.15) is 0 Å². The number of rotatable bonds is 5. The molecule has 0 heterocycles. The molecule has 0 unspecified atom stereocenters. The van der Waals surface area contributed by atoms with Crippen LogP contribution in [0.4, 0.5) is 5.69 Å². The third-order valence-electron chi connectivity index (χ3n) is 1.99. The molecule has 0 aromatic heterocycles. The lowest BCUT2D eigenvalue weighted by molar-refractivity contribution is -0.116. The van der Waals surface area contributed by atoms with Crippen LogP contribution in [-0.4, -0.2) is 26.6 Å². The summed E-state index contributed by atoms with van der Waals surface area (Å²) in [7, 11) is 3.41. The van der Waals surface area contributed by atoms with Crippen LogP contribution >= 0.6 is 15.9 Å². The van der Waals surface area contributed by atoms with E-state index >= 15 is 0 Å². The second-order valence-electron chi connectivity index (χ2n) is 3.28. The van der Waals surface area contributed by atoms with E-state index in [9.17, 15) is 4.79 Å². The topological polar surface area (TPSA) is 50.4 Å². The molecular weight excluding hydrogens is 272 g/mol. The lowest BCUT2D eigenvalue weighted by Gasteiger charge is -2.08. The van der Waals surface area contributed by atoms with Gasteiger partial charge in [-0.1, -0.05) is 15.9 Å². The molecule has 1 rings (SSSR count). The van der Waals surface area contributed by atoms with Gasteiger partial charge in [0.25, 0.3) is 0 Å². The Hall–Kier alpha value is -1.07. The first-order chi connectivity index (χ1) is 7.65. The molecule has 0 aliphatic carbocycles. The van der Waals surface area contributed by atoms with Crippen molar-refractivity contribution in [3.8, 4) is 5.75 Å². The second kappa shape index (κ2) is 6.50. The van der Waals surface area contributed by atoms with Crippen LogP contribution in [-0.2, 0) is 4.79 Å². The lowest BCUT2D eigenvalue weighted by atomic mass is 10.3. The number of amides is 1. The molecule has 0 aliphatic heterocycles. The zero-order chi connectivity index (χ0) is 12.0. The van der Waals surface area contributed by atoms with E-state index in [1.165, 1.54) is 0 Å². The summed E-state index contributed by atoms with van der Waals surface area (Å²) in [6.07, 6.45) is 0.450. The molecule has 0 radical (unpaired) electrons. The molecular formula is C11H15BrN2O2. The standard InChI is InChI=1S/C11H15BrN2O2/c1-13-4-3-11(15)14-9-5-8(12)6-10(7-9)16-2/h5-7,13H,3-4H2,1-2H3,(H,14,15). The van der Waals surface area contributed by atoms with Gasteiger partial charge in [0.05, 0.1) is 7.11 Å². The highest BCUT2D eigenvalue weighted by Crippen LogP contribution is 2.24. The van der Waals surface area contributed by atoms with Crippen molar-refractivity contribution in [1.82, 2.24) is 5.32 Å². The van der Waals surface area contributed by atoms with Gasteiger partial charge >= 0.3 is 0 Å². The number of carbonyl (C=O) groups is 1. The van der Waals surface area contributed by atoms with E-state index in [0.29, 0.717) is 18.7 Å². The van der Waals surface area contributed by atoms with Crippen molar-refractivity contribution in [2.45, 2.75) is 6.42 Å². The van der Waals surface area contributed by atoms with Crippen molar-refractivity contribution in [2.24, 2.45) is 0 Å². The van der Waals surface area contributed by atoms with Gasteiger partial charge in [0, 0.05) is 29.2 Å². The van der Waals surface area contributed by atoms with E-state index in [0.717, 1.165) is 10.2 Å². The van der Waals surface area contributed by atoms with E-state index in [1.807, 2.05) is 19.2 Å². The summed E-state index contributed by atoms with van der Waals surface area (Å²) in [4.78, 5) is 11.5. The summed E-state index contributed by atoms with van der Waals surface area (Å²) in [5.41, 5.74) is 0.729. The minimum Gasteiger partial charge on any atom is -0.497 e. The average molecular weight is 287 g/mol. The lowest BCUT2D eigenvalue weighted by Crippen LogP contribution is -2.18. The molecule has 0 bridgehead atoms. The average Bonchev–Trinajstić information content (AvgIpc) is 2.25. The Morgan fingerprint density at radius 1 is 1.44 bits per heavy atom. The van der Waals surface area contributed by atoms with Gasteiger partial charge in [-0.15, -0.1) is 0 Å². The molecule has 16 heavy (non-hydrogen) atoms. The first kappa shape index (κ1) is 13.0. The molecule has 1 amide bonds. The van der Waals surface area contributed by atoms with Gasteiger partial charge in [0.1, 0.15) is 5.75 Å². The Morgan fingerprint density at radius 3 is 2.81 bits per heavy atom. The highest BCUT2D eigenvalue weighted by Gasteiger charge is 2.04. The van der Waals surface area contributed by atoms with Crippen molar-refractivity contribution in [3.05, 3.63) is 22.7 Å².